The monoisotopic (exact) mass is 501 g/mol. The number of ether oxygens (including phenoxy) is 1. The van der Waals surface area contributed by atoms with Crippen LogP contribution in [0.2, 0.25) is 0 Å². The molecule has 5 rings (SSSR count). The third kappa shape index (κ3) is 4.20. The van der Waals surface area contributed by atoms with Crippen molar-refractivity contribution in [1.29, 1.82) is 0 Å². The predicted octanol–water partition coefficient (Wildman–Crippen LogP) is 5.77. The summed E-state index contributed by atoms with van der Waals surface area (Å²) >= 11 is 0. The SMILES string of the molecule is Cc1cc(S(=O)(=O)N2CC(C)(C)c3cc(-c4ccc5ccccc5c4)ccc32)ccc1OCC(=O)O. The van der Waals surface area contributed by atoms with Gasteiger partial charge in [0.05, 0.1) is 10.6 Å². The molecule has 0 aliphatic carbocycles. The van der Waals surface area contributed by atoms with Gasteiger partial charge in [0.2, 0.25) is 0 Å². The van der Waals surface area contributed by atoms with Crippen molar-refractivity contribution in [1.82, 2.24) is 0 Å². The Kier molecular flexibility index (Phi) is 5.75. The molecule has 0 atom stereocenters. The van der Waals surface area contributed by atoms with Gasteiger partial charge in [-0.25, -0.2) is 13.2 Å². The lowest BCUT2D eigenvalue weighted by Crippen LogP contribution is -2.34. The summed E-state index contributed by atoms with van der Waals surface area (Å²) in [6.45, 7) is 5.65. The van der Waals surface area contributed by atoms with Crippen molar-refractivity contribution in [3.05, 3.63) is 90.0 Å². The molecule has 4 aromatic rings. The average molecular weight is 502 g/mol. The van der Waals surface area contributed by atoms with Crippen LogP contribution in [0.25, 0.3) is 21.9 Å². The number of carboxylic acid groups (broad SMARTS) is 1. The molecule has 4 aromatic carbocycles. The maximum absolute atomic E-state index is 13.7. The third-order valence-electron chi connectivity index (χ3n) is 6.70. The second-order valence-electron chi connectivity index (χ2n) is 9.80. The zero-order valence-corrected chi connectivity index (χ0v) is 21.2. The highest BCUT2D eigenvalue weighted by Crippen LogP contribution is 2.45. The number of aliphatic carboxylic acids is 1. The normalized spacial score (nSPS) is 14.6. The van der Waals surface area contributed by atoms with E-state index in [9.17, 15) is 13.2 Å². The van der Waals surface area contributed by atoms with Crippen molar-refractivity contribution in [3.8, 4) is 16.9 Å². The first kappa shape index (κ1) is 23.9. The summed E-state index contributed by atoms with van der Waals surface area (Å²) < 4.78 is 34.1. The molecule has 184 valence electrons. The van der Waals surface area contributed by atoms with E-state index >= 15 is 0 Å². The molecule has 1 aliphatic rings. The van der Waals surface area contributed by atoms with E-state index in [1.54, 1.807) is 6.92 Å². The van der Waals surface area contributed by atoms with E-state index in [1.807, 2.05) is 24.3 Å². The van der Waals surface area contributed by atoms with Crippen molar-refractivity contribution < 1.29 is 23.1 Å². The van der Waals surface area contributed by atoms with Gasteiger partial charge in [0, 0.05) is 12.0 Å². The Morgan fingerprint density at radius 1 is 0.944 bits per heavy atom. The molecule has 36 heavy (non-hydrogen) atoms. The number of hydrogen-bond acceptors (Lipinski definition) is 4. The van der Waals surface area contributed by atoms with Gasteiger partial charge in [0.1, 0.15) is 5.75 Å². The average Bonchev–Trinajstić information content (AvgIpc) is 3.13. The minimum absolute atomic E-state index is 0.143. The van der Waals surface area contributed by atoms with E-state index in [4.69, 9.17) is 9.84 Å². The number of carbonyl (C=O) groups is 1. The molecule has 1 heterocycles. The van der Waals surface area contributed by atoms with Crippen LogP contribution in [-0.4, -0.2) is 32.6 Å². The van der Waals surface area contributed by atoms with E-state index in [0.717, 1.165) is 22.1 Å². The smallest absolute Gasteiger partial charge is 0.341 e. The number of hydrogen-bond donors (Lipinski definition) is 1. The number of rotatable bonds is 6. The van der Waals surface area contributed by atoms with Gasteiger partial charge in [0.15, 0.2) is 6.61 Å². The molecule has 1 N–H and O–H groups in total. The Morgan fingerprint density at radius 2 is 1.64 bits per heavy atom. The Morgan fingerprint density at radius 3 is 2.36 bits per heavy atom. The third-order valence-corrected chi connectivity index (χ3v) is 8.46. The van der Waals surface area contributed by atoms with Crippen molar-refractivity contribution in [2.45, 2.75) is 31.1 Å². The highest BCUT2D eigenvalue weighted by Gasteiger charge is 2.41. The van der Waals surface area contributed by atoms with Crippen molar-refractivity contribution in [2.75, 3.05) is 17.5 Å². The minimum Gasteiger partial charge on any atom is -0.482 e. The molecule has 1 aliphatic heterocycles. The first-order chi connectivity index (χ1) is 17.1. The van der Waals surface area contributed by atoms with Gasteiger partial charge in [0.25, 0.3) is 10.0 Å². The van der Waals surface area contributed by atoms with Gasteiger partial charge in [-0.3, -0.25) is 4.31 Å². The highest BCUT2D eigenvalue weighted by atomic mass is 32.2. The standard InChI is InChI=1S/C29H27NO5S/c1-19-14-24(11-13-27(19)35-17-28(31)32)36(33,34)30-18-29(2,3)25-16-23(10-12-26(25)30)22-9-8-20-6-4-5-7-21(20)15-22/h4-16H,17-18H2,1-3H3,(H,31,32). The highest BCUT2D eigenvalue weighted by molar-refractivity contribution is 7.92. The second-order valence-corrected chi connectivity index (χ2v) is 11.7. The quantitative estimate of drug-likeness (QED) is 0.363. The van der Waals surface area contributed by atoms with E-state index in [2.05, 4.69) is 50.2 Å². The summed E-state index contributed by atoms with van der Waals surface area (Å²) in [5.74, 6) is -0.747. The molecule has 0 bridgehead atoms. The number of nitrogens with zero attached hydrogens (tertiary/aromatic N) is 1. The van der Waals surface area contributed by atoms with Crippen LogP contribution in [0.4, 0.5) is 5.69 Å². The van der Waals surface area contributed by atoms with E-state index in [1.165, 1.54) is 27.9 Å². The minimum atomic E-state index is -3.84. The van der Waals surface area contributed by atoms with Crippen LogP contribution in [0, 0.1) is 6.92 Å². The zero-order valence-electron chi connectivity index (χ0n) is 20.4. The van der Waals surface area contributed by atoms with Crippen LogP contribution < -0.4 is 9.04 Å². The number of aryl methyl sites for hydroxylation is 1. The van der Waals surface area contributed by atoms with Crippen molar-refractivity contribution in [3.63, 3.8) is 0 Å². The van der Waals surface area contributed by atoms with Crippen LogP contribution in [0.1, 0.15) is 25.0 Å². The van der Waals surface area contributed by atoms with Crippen molar-refractivity contribution in [2.24, 2.45) is 0 Å². The lowest BCUT2D eigenvalue weighted by molar-refractivity contribution is -0.139. The predicted molar refractivity (Wildman–Crippen MR) is 141 cm³/mol. The lowest BCUT2D eigenvalue weighted by Gasteiger charge is -2.22. The summed E-state index contributed by atoms with van der Waals surface area (Å²) in [5.41, 5.74) is 3.96. The zero-order chi connectivity index (χ0) is 25.7. The first-order valence-corrected chi connectivity index (χ1v) is 13.1. The molecular formula is C29H27NO5S. The molecule has 0 saturated carbocycles. The molecule has 6 nitrogen and oxygen atoms in total. The molecule has 0 radical (unpaired) electrons. The van der Waals surface area contributed by atoms with Crippen LogP contribution >= 0.6 is 0 Å². The van der Waals surface area contributed by atoms with E-state index in [-0.39, 0.29) is 10.3 Å². The largest absolute Gasteiger partial charge is 0.482 e. The van der Waals surface area contributed by atoms with E-state index < -0.39 is 22.6 Å². The van der Waals surface area contributed by atoms with Crippen LogP contribution in [0.3, 0.4) is 0 Å². The fraction of sp³-hybridized carbons (Fsp3) is 0.207. The van der Waals surface area contributed by atoms with Crippen LogP contribution in [-0.2, 0) is 20.2 Å². The molecule has 0 fully saturated rings. The number of fused-ring (bicyclic) bond motifs is 2. The summed E-state index contributed by atoms with van der Waals surface area (Å²) in [7, 11) is -3.84. The van der Waals surface area contributed by atoms with Gasteiger partial charge >= 0.3 is 5.97 Å². The Labute approximate surface area is 210 Å². The van der Waals surface area contributed by atoms with E-state index in [0.29, 0.717) is 23.5 Å². The Hall–Kier alpha value is -3.84. The van der Waals surface area contributed by atoms with Crippen LogP contribution in [0.5, 0.6) is 5.75 Å². The summed E-state index contributed by atoms with van der Waals surface area (Å²) in [4.78, 5) is 11.0. The molecule has 7 heteroatoms. The molecule has 0 amide bonds. The maximum Gasteiger partial charge on any atom is 0.341 e. The topological polar surface area (TPSA) is 83.9 Å². The van der Waals surface area contributed by atoms with Crippen LogP contribution in [0.15, 0.2) is 83.8 Å². The number of sulfonamides is 1. The molecule has 0 spiro atoms. The molecular weight excluding hydrogens is 474 g/mol. The second kappa shape index (κ2) is 8.68. The molecule has 0 unspecified atom stereocenters. The molecule has 0 aromatic heterocycles. The Balaban J connectivity index is 1.51. The van der Waals surface area contributed by atoms with Gasteiger partial charge in [-0.15, -0.1) is 0 Å². The maximum atomic E-state index is 13.7. The number of carboxylic acids is 1. The molecule has 0 saturated heterocycles. The number of benzene rings is 4. The van der Waals surface area contributed by atoms with Gasteiger partial charge in [-0.2, -0.15) is 0 Å². The number of anilines is 1. The fourth-order valence-corrected chi connectivity index (χ4v) is 6.53. The van der Waals surface area contributed by atoms with Gasteiger partial charge in [-0.05, 0) is 76.3 Å². The van der Waals surface area contributed by atoms with Gasteiger partial charge in [-0.1, -0.05) is 56.3 Å². The summed E-state index contributed by atoms with van der Waals surface area (Å²) in [5, 5.41) is 11.2. The lowest BCUT2D eigenvalue weighted by atomic mass is 9.85. The first-order valence-electron chi connectivity index (χ1n) is 11.7. The Bertz CT molecular complexity index is 1610. The van der Waals surface area contributed by atoms with Crippen molar-refractivity contribution >= 4 is 32.5 Å². The summed E-state index contributed by atoms with van der Waals surface area (Å²) in [6, 6.07) is 25.0. The fourth-order valence-electron chi connectivity index (χ4n) is 4.80. The van der Waals surface area contributed by atoms with Gasteiger partial charge < -0.3 is 9.84 Å². The summed E-state index contributed by atoms with van der Waals surface area (Å²) in [6.07, 6.45) is 0.